The van der Waals surface area contributed by atoms with Crippen LogP contribution in [0.2, 0.25) is 19.6 Å². The molecule has 5 rings (SSSR count). The third kappa shape index (κ3) is 1.42. The van der Waals surface area contributed by atoms with Crippen LogP contribution in [0.4, 0.5) is 0 Å². The maximum atomic E-state index is 4.76. The van der Waals surface area contributed by atoms with Gasteiger partial charge in [0.15, 0.2) is 0 Å². The van der Waals surface area contributed by atoms with E-state index in [9.17, 15) is 0 Å². The molecule has 4 fully saturated rings. The Morgan fingerprint density at radius 2 is 1.50 bits per heavy atom. The SMILES string of the molecule is C[Si](C)(C)C1N=NSC12C1CC3CC(C1)CC2C3. The van der Waals surface area contributed by atoms with E-state index in [4.69, 9.17) is 5.11 Å². The molecule has 18 heavy (non-hydrogen) atoms. The Labute approximate surface area is 116 Å². The van der Waals surface area contributed by atoms with Gasteiger partial charge in [0.05, 0.1) is 18.5 Å². The highest BCUT2D eigenvalue weighted by Crippen LogP contribution is 2.67. The normalized spacial score (nSPS) is 53.6. The summed E-state index contributed by atoms with van der Waals surface area (Å²) in [5.74, 6) is 3.99. The van der Waals surface area contributed by atoms with Crippen molar-refractivity contribution in [2.45, 2.75) is 62.2 Å². The second-order valence-corrected chi connectivity index (χ2v) is 14.5. The largest absolute Gasteiger partial charge is 0.180 e. The average Bonchev–Trinajstić information content (AvgIpc) is 2.70. The Morgan fingerprint density at radius 1 is 0.944 bits per heavy atom. The monoisotopic (exact) mass is 280 g/mol. The van der Waals surface area contributed by atoms with Crippen LogP contribution in [-0.4, -0.2) is 18.5 Å². The standard InChI is InChI=1S/C14H24N2SSi/c1-18(2,3)13-14(17-16-15-13)11-5-9-4-10(7-11)8-12(14)6-9/h9-13H,4-8H2,1-3H3. The highest BCUT2D eigenvalue weighted by molar-refractivity contribution is 7.99. The van der Waals surface area contributed by atoms with E-state index < -0.39 is 8.07 Å². The van der Waals surface area contributed by atoms with Crippen LogP contribution in [-0.2, 0) is 0 Å². The number of nitrogens with zero attached hydrogens (tertiary/aromatic N) is 2. The van der Waals surface area contributed by atoms with Gasteiger partial charge in [-0.1, -0.05) is 19.6 Å². The molecule has 1 unspecified atom stereocenters. The summed E-state index contributed by atoms with van der Waals surface area (Å²) in [6.45, 7) is 7.49. The summed E-state index contributed by atoms with van der Waals surface area (Å²) in [5.41, 5.74) is 0.588. The molecule has 0 aromatic carbocycles. The summed E-state index contributed by atoms with van der Waals surface area (Å²) in [6, 6.07) is 0. The molecule has 0 saturated heterocycles. The van der Waals surface area contributed by atoms with Gasteiger partial charge in [0, 0.05) is 11.9 Å². The maximum absolute atomic E-state index is 4.76. The lowest BCUT2D eigenvalue weighted by Gasteiger charge is -2.61. The van der Waals surface area contributed by atoms with Crippen LogP contribution in [0.3, 0.4) is 0 Å². The lowest BCUT2D eigenvalue weighted by atomic mass is 9.51. The topological polar surface area (TPSA) is 24.7 Å². The Balaban J connectivity index is 1.75. The molecule has 4 bridgehead atoms. The molecular formula is C14H24N2SSi. The minimum Gasteiger partial charge on any atom is -0.180 e. The van der Waals surface area contributed by atoms with E-state index in [1.165, 1.54) is 25.7 Å². The minimum atomic E-state index is -1.24. The Kier molecular flexibility index (Phi) is 2.41. The molecule has 100 valence electrons. The highest BCUT2D eigenvalue weighted by Gasteiger charge is 2.65. The molecule has 0 amide bonds. The van der Waals surface area contributed by atoms with E-state index in [2.05, 4.69) is 24.2 Å². The fourth-order valence-electron chi connectivity index (χ4n) is 5.65. The Hall–Kier alpha value is 0.167. The van der Waals surface area contributed by atoms with Crippen LogP contribution in [0.5, 0.6) is 0 Å². The lowest BCUT2D eigenvalue weighted by molar-refractivity contribution is -0.0170. The van der Waals surface area contributed by atoms with Crippen molar-refractivity contribution in [3.8, 4) is 0 Å². The predicted molar refractivity (Wildman–Crippen MR) is 79.4 cm³/mol. The van der Waals surface area contributed by atoms with Crippen molar-refractivity contribution in [3.63, 3.8) is 0 Å². The fraction of sp³-hybridized carbons (Fsp3) is 1.00. The quantitative estimate of drug-likeness (QED) is 0.511. The van der Waals surface area contributed by atoms with E-state index in [1.54, 1.807) is 6.42 Å². The summed E-state index contributed by atoms with van der Waals surface area (Å²) in [6.07, 6.45) is 7.51. The lowest BCUT2D eigenvalue weighted by Crippen LogP contribution is -2.64. The molecule has 0 aromatic rings. The van der Waals surface area contributed by atoms with Gasteiger partial charge in [0.1, 0.15) is 0 Å². The molecule has 4 aliphatic carbocycles. The number of rotatable bonds is 1. The summed E-state index contributed by atoms with van der Waals surface area (Å²) in [5, 5.41) is 4.76. The zero-order valence-corrected chi connectivity index (χ0v) is 13.5. The summed E-state index contributed by atoms with van der Waals surface area (Å²) in [4.78, 5) is 0. The van der Waals surface area contributed by atoms with Crippen molar-refractivity contribution in [1.82, 2.24) is 0 Å². The molecule has 0 N–H and O–H groups in total. The molecule has 0 radical (unpaired) electrons. The average molecular weight is 281 g/mol. The van der Waals surface area contributed by atoms with Gasteiger partial charge in [0.2, 0.25) is 0 Å². The first-order valence-corrected chi connectivity index (χ1v) is 11.9. The highest BCUT2D eigenvalue weighted by atomic mass is 32.2. The Bertz CT molecular complexity index is 373. The Morgan fingerprint density at radius 3 is 2.00 bits per heavy atom. The zero-order valence-electron chi connectivity index (χ0n) is 11.7. The number of hydrogen-bond acceptors (Lipinski definition) is 3. The first kappa shape index (κ1) is 11.9. The van der Waals surface area contributed by atoms with Gasteiger partial charge in [-0.15, -0.1) is 4.52 Å². The van der Waals surface area contributed by atoms with Crippen LogP contribution in [0.1, 0.15) is 32.1 Å². The maximum Gasteiger partial charge on any atom is 0.0795 e. The van der Waals surface area contributed by atoms with E-state index >= 15 is 0 Å². The molecule has 0 aromatic heterocycles. The first-order chi connectivity index (χ1) is 8.50. The minimum absolute atomic E-state index is 0.442. The van der Waals surface area contributed by atoms with Crippen molar-refractivity contribution < 1.29 is 0 Å². The van der Waals surface area contributed by atoms with E-state index in [1.807, 2.05) is 11.9 Å². The summed E-state index contributed by atoms with van der Waals surface area (Å²) in [7, 11) is -1.24. The van der Waals surface area contributed by atoms with Crippen LogP contribution < -0.4 is 0 Å². The van der Waals surface area contributed by atoms with Gasteiger partial charge in [-0.05, 0) is 55.8 Å². The van der Waals surface area contributed by atoms with Crippen molar-refractivity contribution in [2.75, 3.05) is 0 Å². The van der Waals surface area contributed by atoms with E-state index in [0.717, 1.165) is 23.7 Å². The summed E-state index contributed by atoms with van der Waals surface area (Å²) >= 11 is 1.91. The van der Waals surface area contributed by atoms with Crippen LogP contribution >= 0.6 is 11.9 Å². The molecule has 4 saturated carbocycles. The molecule has 5 aliphatic rings. The van der Waals surface area contributed by atoms with Gasteiger partial charge in [0.25, 0.3) is 0 Å². The molecule has 1 spiro atoms. The van der Waals surface area contributed by atoms with Gasteiger partial charge < -0.3 is 0 Å². The van der Waals surface area contributed by atoms with Crippen LogP contribution in [0.15, 0.2) is 9.63 Å². The van der Waals surface area contributed by atoms with Crippen molar-refractivity contribution in [3.05, 3.63) is 0 Å². The molecule has 1 heterocycles. The summed E-state index contributed by atoms with van der Waals surface area (Å²) < 4.78 is 4.95. The smallest absolute Gasteiger partial charge is 0.0795 e. The van der Waals surface area contributed by atoms with Crippen molar-refractivity contribution in [1.29, 1.82) is 0 Å². The molecule has 1 atom stereocenters. The predicted octanol–water partition coefficient (Wildman–Crippen LogP) is 4.54. The molecule has 4 heteroatoms. The molecule has 1 aliphatic heterocycles. The first-order valence-electron chi connectivity index (χ1n) is 7.58. The van der Waals surface area contributed by atoms with Crippen molar-refractivity contribution >= 4 is 20.0 Å². The van der Waals surface area contributed by atoms with Gasteiger partial charge >= 0.3 is 0 Å². The van der Waals surface area contributed by atoms with Crippen LogP contribution in [0.25, 0.3) is 0 Å². The second-order valence-electron chi connectivity index (χ2n) is 8.21. The van der Waals surface area contributed by atoms with E-state index in [0.29, 0.717) is 10.4 Å². The fourth-order valence-corrected chi connectivity index (χ4v) is 10.3. The third-order valence-corrected chi connectivity index (χ3v) is 9.85. The molecular weight excluding hydrogens is 256 g/mol. The molecule has 2 nitrogen and oxygen atoms in total. The zero-order chi connectivity index (χ0) is 12.5. The van der Waals surface area contributed by atoms with Gasteiger partial charge in [-0.2, -0.15) is 5.11 Å². The van der Waals surface area contributed by atoms with E-state index in [-0.39, 0.29) is 0 Å². The van der Waals surface area contributed by atoms with Crippen molar-refractivity contribution in [2.24, 2.45) is 33.3 Å². The van der Waals surface area contributed by atoms with Crippen LogP contribution in [0, 0.1) is 23.7 Å². The van der Waals surface area contributed by atoms with Gasteiger partial charge in [-0.25, -0.2) is 0 Å². The second kappa shape index (κ2) is 3.63. The third-order valence-electron chi connectivity index (χ3n) is 6.02. The van der Waals surface area contributed by atoms with Gasteiger partial charge in [-0.3, -0.25) is 0 Å². The number of hydrogen-bond donors (Lipinski definition) is 0.